The number of aryl methyl sites for hydroxylation is 2. The van der Waals surface area contributed by atoms with E-state index in [9.17, 15) is 0 Å². The zero-order valence-electron chi connectivity index (χ0n) is 10.4. The molecule has 0 fully saturated rings. The molecule has 0 aromatic carbocycles. The Morgan fingerprint density at radius 1 is 1.25 bits per heavy atom. The first kappa shape index (κ1) is 11.1. The predicted molar refractivity (Wildman–Crippen MR) is 67.7 cm³/mol. The second kappa shape index (κ2) is 4.20. The number of nitrogens with zero attached hydrogens (tertiary/aromatic N) is 2. The average Bonchev–Trinajstić information content (AvgIpc) is 2.28. The first-order valence-corrected chi connectivity index (χ1v) is 5.86. The van der Waals surface area contributed by atoms with Gasteiger partial charge in [-0.2, -0.15) is 0 Å². The van der Waals surface area contributed by atoms with Gasteiger partial charge < -0.3 is 0 Å². The number of hydrogen-bond acceptors (Lipinski definition) is 2. The van der Waals surface area contributed by atoms with Crippen molar-refractivity contribution >= 4 is 11.0 Å². The minimum absolute atomic E-state index is 0.541. The van der Waals surface area contributed by atoms with E-state index in [1.807, 2.05) is 19.2 Å². The summed E-state index contributed by atoms with van der Waals surface area (Å²) in [6.45, 7) is 8.62. The first-order chi connectivity index (χ1) is 7.63. The largest absolute Gasteiger partial charge is 0.254 e. The fourth-order valence-electron chi connectivity index (χ4n) is 2.10. The third-order valence-corrected chi connectivity index (χ3v) is 3.20. The van der Waals surface area contributed by atoms with Crippen LogP contribution in [0.3, 0.4) is 0 Å². The summed E-state index contributed by atoms with van der Waals surface area (Å²) in [6, 6.07) is 4.08. The Bertz CT molecular complexity index is 512. The van der Waals surface area contributed by atoms with Gasteiger partial charge in [0.15, 0.2) is 0 Å². The number of hydrogen-bond donors (Lipinski definition) is 0. The number of rotatable bonds is 2. The molecule has 1 atom stereocenters. The summed E-state index contributed by atoms with van der Waals surface area (Å²) >= 11 is 0. The van der Waals surface area contributed by atoms with E-state index in [-0.39, 0.29) is 0 Å². The summed E-state index contributed by atoms with van der Waals surface area (Å²) in [4.78, 5) is 9.08. The van der Waals surface area contributed by atoms with Gasteiger partial charge in [0.05, 0.1) is 11.0 Å². The van der Waals surface area contributed by atoms with E-state index in [1.165, 1.54) is 11.1 Å². The van der Waals surface area contributed by atoms with Crippen LogP contribution in [0, 0.1) is 13.8 Å². The standard InChI is InChI=1S/C14H18N2/c1-5-9(2)13-10(3)8-15-12-7-6-11(4)16-14(12)13/h6-9H,5H2,1-4H3. The van der Waals surface area contributed by atoms with E-state index in [2.05, 4.69) is 36.8 Å². The molecule has 0 spiro atoms. The Morgan fingerprint density at radius 2 is 2.00 bits per heavy atom. The van der Waals surface area contributed by atoms with Crippen LogP contribution in [0.2, 0.25) is 0 Å². The lowest BCUT2D eigenvalue weighted by Gasteiger charge is -2.14. The van der Waals surface area contributed by atoms with Gasteiger partial charge in [-0.05, 0) is 49.4 Å². The monoisotopic (exact) mass is 214 g/mol. The maximum atomic E-state index is 4.64. The van der Waals surface area contributed by atoms with Gasteiger partial charge in [-0.25, -0.2) is 0 Å². The molecule has 2 aromatic rings. The van der Waals surface area contributed by atoms with Gasteiger partial charge in [0.2, 0.25) is 0 Å². The van der Waals surface area contributed by atoms with Crippen LogP contribution in [0.1, 0.15) is 43.0 Å². The molecule has 0 aliphatic carbocycles. The van der Waals surface area contributed by atoms with Crippen molar-refractivity contribution in [2.75, 3.05) is 0 Å². The zero-order valence-corrected chi connectivity index (χ0v) is 10.4. The molecular weight excluding hydrogens is 196 g/mol. The normalized spacial score (nSPS) is 13.0. The molecule has 0 radical (unpaired) electrons. The third-order valence-electron chi connectivity index (χ3n) is 3.20. The Labute approximate surface area is 96.7 Å². The molecular formula is C14H18N2. The lowest BCUT2D eigenvalue weighted by molar-refractivity contribution is 0.731. The van der Waals surface area contributed by atoms with Crippen LogP contribution in [-0.4, -0.2) is 9.97 Å². The van der Waals surface area contributed by atoms with Crippen LogP contribution in [0.25, 0.3) is 11.0 Å². The lowest BCUT2D eigenvalue weighted by Crippen LogP contribution is -2.00. The highest BCUT2D eigenvalue weighted by Gasteiger charge is 2.12. The highest BCUT2D eigenvalue weighted by atomic mass is 14.8. The molecule has 2 nitrogen and oxygen atoms in total. The quantitative estimate of drug-likeness (QED) is 0.760. The Morgan fingerprint density at radius 3 is 2.69 bits per heavy atom. The number of fused-ring (bicyclic) bond motifs is 1. The Balaban J connectivity index is 2.77. The van der Waals surface area contributed by atoms with E-state index in [1.54, 1.807) is 0 Å². The molecule has 0 bridgehead atoms. The number of aromatic nitrogens is 2. The van der Waals surface area contributed by atoms with Crippen molar-refractivity contribution in [3.8, 4) is 0 Å². The van der Waals surface area contributed by atoms with Crippen molar-refractivity contribution in [1.29, 1.82) is 0 Å². The van der Waals surface area contributed by atoms with Crippen molar-refractivity contribution in [3.63, 3.8) is 0 Å². The van der Waals surface area contributed by atoms with Crippen LogP contribution in [-0.2, 0) is 0 Å². The summed E-state index contributed by atoms with van der Waals surface area (Å²) in [5.41, 5.74) is 5.75. The minimum atomic E-state index is 0.541. The Kier molecular flexibility index (Phi) is 2.90. The molecule has 2 rings (SSSR count). The molecule has 0 N–H and O–H groups in total. The topological polar surface area (TPSA) is 25.8 Å². The molecule has 84 valence electrons. The van der Waals surface area contributed by atoms with Gasteiger partial charge in [0.1, 0.15) is 0 Å². The lowest BCUT2D eigenvalue weighted by atomic mass is 9.94. The molecule has 0 saturated heterocycles. The zero-order chi connectivity index (χ0) is 11.7. The van der Waals surface area contributed by atoms with Gasteiger partial charge in [0.25, 0.3) is 0 Å². The van der Waals surface area contributed by atoms with E-state index < -0.39 is 0 Å². The molecule has 2 heteroatoms. The highest BCUT2D eigenvalue weighted by Crippen LogP contribution is 2.28. The van der Waals surface area contributed by atoms with Crippen molar-refractivity contribution in [1.82, 2.24) is 9.97 Å². The van der Waals surface area contributed by atoms with Crippen molar-refractivity contribution in [2.45, 2.75) is 40.0 Å². The summed E-state index contributed by atoms with van der Waals surface area (Å²) in [6.07, 6.45) is 3.09. The molecule has 1 unspecified atom stereocenters. The molecule has 2 aromatic heterocycles. The smallest absolute Gasteiger partial charge is 0.0927 e. The fourth-order valence-corrected chi connectivity index (χ4v) is 2.10. The highest BCUT2D eigenvalue weighted by molar-refractivity contribution is 5.79. The van der Waals surface area contributed by atoms with Crippen LogP contribution < -0.4 is 0 Å². The van der Waals surface area contributed by atoms with Gasteiger partial charge in [0, 0.05) is 11.9 Å². The first-order valence-electron chi connectivity index (χ1n) is 5.86. The third kappa shape index (κ3) is 1.80. The molecule has 16 heavy (non-hydrogen) atoms. The molecule has 0 aliphatic heterocycles. The van der Waals surface area contributed by atoms with E-state index in [4.69, 9.17) is 0 Å². The van der Waals surface area contributed by atoms with Crippen LogP contribution in [0.15, 0.2) is 18.3 Å². The summed E-state index contributed by atoms with van der Waals surface area (Å²) in [5.74, 6) is 0.541. The van der Waals surface area contributed by atoms with Gasteiger partial charge in [-0.1, -0.05) is 13.8 Å². The summed E-state index contributed by atoms with van der Waals surface area (Å²) in [7, 11) is 0. The van der Waals surface area contributed by atoms with E-state index in [0.717, 1.165) is 23.1 Å². The maximum absolute atomic E-state index is 4.64. The van der Waals surface area contributed by atoms with E-state index in [0.29, 0.717) is 5.92 Å². The van der Waals surface area contributed by atoms with Crippen molar-refractivity contribution in [3.05, 3.63) is 35.2 Å². The van der Waals surface area contributed by atoms with Crippen LogP contribution in [0.4, 0.5) is 0 Å². The fraction of sp³-hybridized carbons (Fsp3) is 0.429. The molecule has 2 heterocycles. The van der Waals surface area contributed by atoms with Crippen LogP contribution in [0.5, 0.6) is 0 Å². The average molecular weight is 214 g/mol. The molecule has 0 saturated carbocycles. The van der Waals surface area contributed by atoms with Crippen molar-refractivity contribution < 1.29 is 0 Å². The van der Waals surface area contributed by atoms with Crippen LogP contribution >= 0.6 is 0 Å². The predicted octanol–water partition coefficient (Wildman–Crippen LogP) is 3.76. The van der Waals surface area contributed by atoms with Gasteiger partial charge >= 0.3 is 0 Å². The minimum Gasteiger partial charge on any atom is -0.254 e. The molecule has 0 aliphatic rings. The second-order valence-corrected chi connectivity index (χ2v) is 4.48. The number of pyridine rings is 2. The van der Waals surface area contributed by atoms with E-state index >= 15 is 0 Å². The molecule has 0 amide bonds. The summed E-state index contributed by atoms with van der Waals surface area (Å²) < 4.78 is 0. The van der Waals surface area contributed by atoms with Gasteiger partial charge in [-0.15, -0.1) is 0 Å². The maximum Gasteiger partial charge on any atom is 0.0927 e. The van der Waals surface area contributed by atoms with Gasteiger partial charge in [-0.3, -0.25) is 9.97 Å². The second-order valence-electron chi connectivity index (χ2n) is 4.48. The summed E-state index contributed by atoms with van der Waals surface area (Å²) in [5, 5.41) is 0. The van der Waals surface area contributed by atoms with Crippen molar-refractivity contribution in [2.24, 2.45) is 0 Å². The Hall–Kier alpha value is -1.44. The SMILES string of the molecule is CCC(C)c1c(C)cnc2ccc(C)nc12.